The maximum absolute atomic E-state index is 13.8. The molecule has 244 valence electrons. The normalized spacial score (nSPS) is 16.8. The summed E-state index contributed by atoms with van der Waals surface area (Å²) in [5.41, 5.74) is 1.65. The molecule has 10 nitrogen and oxygen atoms in total. The van der Waals surface area contributed by atoms with E-state index in [1.54, 1.807) is 36.4 Å². The molecule has 1 amide bonds. The van der Waals surface area contributed by atoms with Gasteiger partial charge in [0.1, 0.15) is 19.0 Å². The molecule has 0 spiro atoms. The molecule has 1 fully saturated rings. The standard InChI is InChI=1S/C34H32ClN3O7S2/c1-3-5-14-43-24-12-10-20(17-26(24)42-4-2)29-28(30(39)21-11-13-25-27(18-21)45-16-15-44-25)31(40)32(41)38(29)33-36-37-34(47-33)46-19-22-8-6-7-9-23(22)35/h6-13,17-18,29,39H,3-5,14-16,19H2,1-2H3/b30-28+. The van der Waals surface area contributed by atoms with Crippen LogP contribution in [-0.4, -0.2) is 53.4 Å². The molecule has 0 aliphatic carbocycles. The molecule has 0 radical (unpaired) electrons. The van der Waals surface area contributed by atoms with Crippen LogP contribution in [0, 0.1) is 0 Å². The summed E-state index contributed by atoms with van der Waals surface area (Å²) in [5.74, 6) is 0.451. The molecule has 6 rings (SSSR count). The van der Waals surface area contributed by atoms with Crippen LogP contribution >= 0.6 is 34.7 Å². The van der Waals surface area contributed by atoms with E-state index in [1.807, 2.05) is 31.2 Å². The fourth-order valence-electron chi connectivity index (χ4n) is 5.21. The third kappa shape index (κ3) is 6.90. The minimum absolute atomic E-state index is 0.103. The van der Waals surface area contributed by atoms with E-state index >= 15 is 0 Å². The Morgan fingerprint density at radius 3 is 2.62 bits per heavy atom. The van der Waals surface area contributed by atoms with Crippen molar-refractivity contribution in [3.8, 4) is 23.0 Å². The van der Waals surface area contributed by atoms with E-state index < -0.39 is 17.7 Å². The van der Waals surface area contributed by atoms with E-state index in [-0.39, 0.29) is 16.5 Å². The van der Waals surface area contributed by atoms with Crippen LogP contribution in [0.5, 0.6) is 23.0 Å². The van der Waals surface area contributed by atoms with Gasteiger partial charge < -0.3 is 24.1 Å². The lowest BCUT2D eigenvalue weighted by Gasteiger charge is -2.24. The van der Waals surface area contributed by atoms with E-state index in [9.17, 15) is 14.7 Å². The number of carbonyl (C=O) groups is 2. The Labute approximate surface area is 285 Å². The molecule has 1 atom stereocenters. The number of carbonyl (C=O) groups excluding carboxylic acids is 2. The first-order valence-electron chi connectivity index (χ1n) is 15.2. The van der Waals surface area contributed by atoms with E-state index in [4.69, 9.17) is 30.5 Å². The highest BCUT2D eigenvalue weighted by molar-refractivity contribution is 8.00. The highest BCUT2D eigenvalue weighted by Crippen LogP contribution is 2.46. The average molecular weight is 694 g/mol. The van der Waals surface area contributed by atoms with Gasteiger partial charge in [-0.3, -0.25) is 14.5 Å². The molecule has 1 N–H and O–H groups in total. The molecule has 3 aromatic carbocycles. The van der Waals surface area contributed by atoms with Gasteiger partial charge in [0.25, 0.3) is 5.78 Å². The number of ether oxygens (including phenoxy) is 4. The number of aliphatic hydroxyl groups is 1. The Hall–Kier alpha value is -4.26. The number of fused-ring (bicyclic) bond motifs is 1. The Bertz CT molecular complexity index is 1830. The summed E-state index contributed by atoms with van der Waals surface area (Å²) in [7, 11) is 0. The van der Waals surface area contributed by atoms with E-state index in [1.165, 1.54) is 28.0 Å². The zero-order chi connectivity index (χ0) is 32.9. The molecule has 47 heavy (non-hydrogen) atoms. The monoisotopic (exact) mass is 693 g/mol. The third-order valence-electron chi connectivity index (χ3n) is 7.51. The number of hydrogen-bond acceptors (Lipinski definition) is 11. The number of Topliss-reactive ketones (excluding diaryl/α,β-unsaturated/α-hetero) is 1. The van der Waals surface area contributed by atoms with Crippen molar-refractivity contribution in [2.75, 3.05) is 31.3 Å². The maximum Gasteiger partial charge on any atom is 0.301 e. The van der Waals surface area contributed by atoms with Gasteiger partial charge in [-0.2, -0.15) is 0 Å². The highest BCUT2D eigenvalue weighted by Gasteiger charge is 2.48. The van der Waals surface area contributed by atoms with Crippen LogP contribution in [0.25, 0.3) is 5.76 Å². The summed E-state index contributed by atoms with van der Waals surface area (Å²) >= 11 is 8.93. The molecular formula is C34H32ClN3O7S2. The zero-order valence-corrected chi connectivity index (χ0v) is 28.1. The number of halogens is 1. The average Bonchev–Trinajstić information content (AvgIpc) is 3.66. The lowest BCUT2D eigenvalue weighted by atomic mass is 9.95. The van der Waals surface area contributed by atoms with Crippen molar-refractivity contribution < 1.29 is 33.6 Å². The van der Waals surface area contributed by atoms with Gasteiger partial charge in [-0.05, 0) is 60.9 Å². The number of aliphatic hydroxyl groups excluding tert-OH is 1. The number of unbranched alkanes of at least 4 members (excludes halogenated alkanes) is 1. The van der Waals surface area contributed by atoms with Crippen molar-refractivity contribution in [3.63, 3.8) is 0 Å². The van der Waals surface area contributed by atoms with Crippen molar-refractivity contribution in [3.05, 3.63) is 87.9 Å². The first-order chi connectivity index (χ1) is 22.9. The molecule has 1 saturated heterocycles. The van der Waals surface area contributed by atoms with Crippen LogP contribution in [0.15, 0.2) is 70.6 Å². The molecule has 2 aliphatic heterocycles. The van der Waals surface area contributed by atoms with Gasteiger partial charge in [0, 0.05) is 16.3 Å². The molecular weight excluding hydrogens is 662 g/mol. The summed E-state index contributed by atoms with van der Waals surface area (Å²) in [5, 5.41) is 21.2. The third-order valence-corrected chi connectivity index (χ3v) is 9.98. The van der Waals surface area contributed by atoms with Crippen LogP contribution in [0.2, 0.25) is 5.02 Å². The van der Waals surface area contributed by atoms with Crippen molar-refractivity contribution in [2.45, 2.75) is 42.8 Å². The van der Waals surface area contributed by atoms with Gasteiger partial charge in [0.15, 0.2) is 27.3 Å². The minimum Gasteiger partial charge on any atom is -0.507 e. The fraction of sp³-hybridized carbons (Fsp3) is 0.294. The lowest BCUT2D eigenvalue weighted by molar-refractivity contribution is -0.132. The van der Waals surface area contributed by atoms with Crippen molar-refractivity contribution >= 4 is 57.3 Å². The largest absolute Gasteiger partial charge is 0.507 e. The second-order valence-electron chi connectivity index (χ2n) is 10.6. The minimum atomic E-state index is -1.04. The van der Waals surface area contributed by atoms with Crippen LogP contribution in [0.1, 0.15) is 49.4 Å². The summed E-state index contributed by atoms with van der Waals surface area (Å²) in [6, 6.07) is 16.6. The molecule has 1 unspecified atom stereocenters. The number of aromatic nitrogens is 2. The summed E-state index contributed by atoms with van der Waals surface area (Å²) < 4.78 is 23.8. The predicted molar refractivity (Wildman–Crippen MR) is 181 cm³/mol. The van der Waals surface area contributed by atoms with E-state index in [2.05, 4.69) is 17.1 Å². The van der Waals surface area contributed by atoms with Gasteiger partial charge in [0.2, 0.25) is 5.13 Å². The molecule has 3 heterocycles. The topological polar surface area (TPSA) is 120 Å². The zero-order valence-electron chi connectivity index (χ0n) is 25.7. The van der Waals surface area contributed by atoms with Crippen molar-refractivity contribution in [2.24, 2.45) is 0 Å². The molecule has 1 aromatic heterocycles. The Morgan fingerprint density at radius 1 is 1.02 bits per heavy atom. The lowest BCUT2D eigenvalue weighted by Crippen LogP contribution is -2.29. The van der Waals surface area contributed by atoms with Crippen molar-refractivity contribution in [1.82, 2.24) is 10.2 Å². The smallest absolute Gasteiger partial charge is 0.301 e. The molecule has 13 heteroatoms. The quantitative estimate of drug-likeness (QED) is 0.0400. The van der Waals surface area contributed by atoms with Gasteiger partial charge in [-0.1, -0.05) is 72.3 Å². The summed E-state index contributed by atoms with van der Waals surface area (Å²) in [4.78, 5) is 28.9. The van der Waals surface area contributed by atoms with Gasteiger partial charge in [0.05, 0.1) is 24.8 Å². The fourth-order valence-corrected chi connectivity index (χ4v) is 7.37. The number of rotatable bonds is 12. The molecule has 0 bridgehead atoms. The first-order valence-corrected chi connectivity index (χ1v) is 17.4. The number of benzene rings is 3. The van der Waals surface area contributed by atoms with E-state index in [0.717, 1.165) is 18.4 Å². The Balaban J connectivity index is 1.42. The van der Waals surface area contributed by atoms with E-state index in [0.29, 0.717) is 75.7 Å². The number of amides is 1. The predicted octanol–water partition coefficient (Wildman–Crippen LogP) is 7.46. The van der Waals surface area contributed by atoms with Gasteiger partial charge >= 0.3 is 5.91 Å². The summed E-state index contributed by atoms with van der Waals surface area (Å²) in [6.45, 7) is 5.58. The molecule has 0 saturated carbocycles. The van der Waals surface area contributed by atoms with Gasteiger partial charge in [-0.15, -0.1) is 10.2 Å². The number of ketones is 1. The number of anilines is 1. The second-order valence-corrected chi connectivity index (χ2v) is 13.2. The first kappa shape index (κ1) is 32.7. The SMILES string of the molecule is CCCCOc1ccc(C2/C(=C(\O)c3ccc4c(c3)OCCO4)C(=O)C(=O)N2c2nnc(SCc3ccccc3Cl)s2)cc1OCC. The molecule has 4 aromatic rings. The van der Waals surface area contributed by atoms with Crippen molar-refractivity contribution in [1.29, 1.82) is 0 Å². The number of hydrogen-bond donors (Lipinski definition) is 1. The number of nitrogens with zero attached hydrogens (tertiary/aromatic N) is 3. The number of thioether (sulfide) groups is 1. The van der Waals surface area contributed by atoms with Crippen LogP contribution in [0.4, 0.5) is 5.13 Å². The summed E-state index contributed by atoms with van der Waals surface area (Å²) in [6.07, 6.45) is 1.84. The second kappa shape index (κ2) is 14.7. The molecule has 2 aliphatic rings. The maximum atomic E-state index is 13.8. The van der Waals surface area contributed by atoms with Crippen LogP contribution < -0.4 is 23.8 Å². The Kier molecular flexibility index (Phi) is 10.2. The van der Waals surface area contributed by atoms with Crippen LogP contribution in [0.3, 0.4) is 0 Å². The Morgan fingerprint density at radius 2 is 1.83 bits per heavy atom. The van der Waals surface area contributed by atoms with Gasteiger partial charge in [-0.25, -0.2) is 0 Å². The highest BCUT2D eigenvalue weighted by atomic mass is 35.5. The van der Waals surface area contributed by atoms with Crippen LogP contribution in [-0.2, 0) is 15.3 Å².